The van der Waals surface area contributed by atoms with Gasteiger partial charge in [-0.1, -0.05) is 41.4 Å². The van der Waals surface area contributed by atoms with Crippen molar-refractivity contribution in [3.8, 4) is 5.75 Å². The first-order chi connectivity index (χ1) is 21.4. The van der Waals surface area contributed by atoms with Crippen LogP contribution < -0.4 is 19.7 Å². The molecule has 1 atom stereocenters. The molecule has 0 fully saturated rings. The number of amides is 5. The maximum atomic E-state index is 14.8. The monoisotopic (exact) mass is 675 g/mol. The summed E-state index contributed by atoms with van der Waals surface area (Å²) in [6, 6.07) is 13.7. The number of fused-ring (bicyclic) bond motifs is 1. The first kappa shape index (κ1) is 33.9. The molecule has 0 radical (unpaired) electrons. The van der Waals surface area contributed by atoms with Gasteiger partial charge >= 0.3 is 12.1 Å². The van der Waals surface area contributed by atoms with E-state index >= 15 is 0 Å². The number of rotatable bonds is 10. The Kier molecular flexibility index (Phi) is 10.2. The van der Waals surface area contributed by atoms with E-state index in [0.717, 1.165) is 0 Å². The largest absolute Gasteiger partial charge is 0.495 e. The molecule has 3 aromatic rings. The fraction of sp³-hybridized carbons (Fsp3) is 0.323. The normalized spacial score (nSPS) is 15.8. The minimum Gasteiger partial charge on any atom is -0.495 e. The summed E-state index contributed by atoms with van der Waals surface area (Å²) in [5.74, 6) is -1.10. The van der Waals surface area contributed by atoms with Crippen molar-refractivity contribution in [2.45, 2.75) is 38.1 Å². The first-order valence-electron chi connectivity index (χ1n) is 14.4. The average Bonchev–Trinajstić information content (AvgIpc) is 3.26. The van der Waals surface area contributed by atoms with E-state index < -0.39 is 27.5 Å². The zero-order chi connectivity index (χ0) is 33.1. The van der Waals surface area contributed by atoms with Crippen LogP contribution in [-0.4, -0.2) is 69.5 Å². The van der Waals surface area contributed by atoms with E-state index in [-0.39, 0.29) is 43.5 Å². The van der Waals surface area contributed by atoms with Crippen molar-refractivity contribution < 1.29 is 27.5 Å². The lowest BCUT2D eigenvalue weighted by Crippen LogP contribution is -2.57. The van der Waals surface area contributed by atoms with Crippen LogP contribution in [0.1, 0.15) is 38.8 Å². The molecule has 3 aromatic carbocycles. The van der Waals surface area contributed by atoms with Gasteiger partial charge in [-0.05, 0) is 64.1 Å². The molecule has 4 rings (SSSR count). The number of hydrogen-bond donors (Lipinski definition) is 2. The number of nitrogens with one attached hydrogen (secondary N) is 2. The molecule has 14 heteroatoms. The number of anilines is 2. The lowest BCUT2D eigenvalue weighted by atomic mass is 9.83. The Bertz CT molecular complexity index is 1730. The standard InChI is InChI=1S/C31H35Cl2N5O6S/c1-6-36(7-2)29(40)34-21-15-17-27(26(19-21)44-5)45(42,43)38-25-16-14-20(32)18-23(25)31(28(38)39,22-12-10-11-13-24(22)33)35-30(41)37(8-3)9-4/h10-19H,6-9H2,1-5H3,(H,34,40)(H,35,41). The number of carbonyl (C=O) groups excluding carboxylic acids is 3. The summed E-state index contributed by atoms with van der Waals surface area (Å²) in [7, 11) is -3.42. The van der Waals surface area contributed by atoms with Gasteiger partial charge in [-0.2, -0.15) is 4.31 Å². The maximum Gasteiger partial charge on any atom is 0.321 e. The minimum atomic E-state index is -4.70. The van der Waals surface area contributed by atoms with Gasteiger partial charge in [-0.15, -0.1) is 0 Å². The number of carbonyl (C=O) groups is 3. The highest BCUT2D eigenvalue weighted by molar-refractivity contribution is 7.93. The summed E-state index contributed by atoms with van der Waals surface area (Å²) in [5.41, 5.74) is -1.50. The average molecular weight is 677 g/mol. The fourth-order valence-corrected chi connectivity index (χ4v) is 7.39. The summed E-state index contributed by atoms with van der Waals surface area (Å²) in [5, 5.41) is 5.89. The second-order valence-electron chi connectivity index (χ2n) is 10.0. The summed E-state index contributed by atoms with van der Waals surface area (Å²) in [6.45, 7) is 8.85. The van der Waals surface area contributed by atoms with Crippen LogP contribution in [0.5, 0.6) is 5.75 Å². The number of nitrogens with zero attached hydrogens (tertiary/aromatic N) is 3. The number of benzene rings is 3. The molecule has 5 amide bonds. The van der Waals surface area contributed by atoms with E-state index in [1.165, 1.54) is 48.4 Å². The lowest BCUT2D eigenvalue weighted by molar-refractivity contribution is -0.121. The van der Waals surface area contributed by atoms with Gasteiger partial charge in [0.15, 0.2) is 5.54 Å². The molecule has 45 heavy (non-hydrogen) atoms. The SMILES string of the molecule is CCN(CC)C(=O)Nc1ccc(S(=O)(=O)N2C(=O)C(NC(=O)N(CC)CC)(c3ccccc3Cl)c3cc(Cl)ccc32)c(OC)c1. The summed E-state index contributed by atoms with van der Waals surface area (Å²) < 4.78 is 35.1. The fourth-order valence-electron chi connectivity index (χ4n) is 5.34. The zero-order valence-corrected chi connectivity index (χ0v) is 27.9. The molecule has 240 valence electrons. The number of sulfonamides is 1. The summed E-state index contributed by atoms with van der Waals surface area (Å²) in [4.78, 5) is 43.7. The molecule has 0 saturated heterocycles. The van der Waals surface area contributed by atoms with E-state index in [0.29, 0.717) is 36.2 Å². The summed E-state index contributed by atoms with van der Waals surface area (Å²) >= 11 is 13.1. The van der Waals surface area contributed by atoms with Crippen LogP contribution >= 0.6 is 23.2 Å². The molecule has 2 N–H and O–H groups in total. The van der Waals surface area contributed by atoms with Gasteiger partial charge in [-0.3, -0.25) is 4.79 Å². The van der Waals surface area contributed by atoms with Gasteiger partial charge in [0.1, 0.15) is 10.6 Å². The van der Waals surface area contributed by atoms with Crippen molar-refractivity contribution in [3.05, 3.63) is 81.8 Å². The Morgan fingerprint density at radius 2 is 1.49 bits per heavy atom. The van der Waals surface area contributed by atoms with Crippen LogP contribution in [0.2, 0.25) is 10.0 Å². The highest BCUT2D eigenvalue weighted by Gasteiger charge is 2.58. The van der Waals surface area contributed by atoms with Gasteiger partial charge in [0.2, 0.25) is 0 Å². The molecule has 1 aliphatic heterocycles. The van der Waals surface area contributed by atoms with Gasteiger partial charge in [-0.25, -0.2) is 18.0 Å². The van der Waals surface area contributed by atoms with Gasteiger partial charge in [0.05, 0.1) is 12.8 Å². The number of halogens is 2. The van der Waals surface area contributed by atoms with E-state index in [2.05, 4.69) is 10.6 Å². The van der Waals surface area contributed by atoms with Crippen LogP contribution in [0.25, 0.3) is 0 Å². The zero-order valence-electron chi connectivity index (χ0n) is 25.6. The predicted molar refractivity (Wildman–Crippen MR) is 175 cm³/mol. The van der Waals surface area contributed by atoms with E-state index in [4.69, 9.17) is 27.9 Å². The van der Waals surface area contributed by atoms with E-state index in [1.807, 2.05) is 13.8 Å². The third kappa shape index (κ3) is 6.01. The Hall–Kier alpha value is -4.00. The van der Waals surface area contributed by atoms with Gasteiger partial charge < -0.3 is 25.2 Å². The molecular formula is C31H35Cl2N5O6S. The highest BCUT2D eigenvalue weighted by atomic mass is 35.5. The highest BCUT2D eigenvalue weighted by Crippen LogP contribution is 2.50. The quantitative estimate of drug-likeness (QED) is 0.275. The molecule has 1 unspecified atom stereocenters. The maximum absolute atomic E-state index is 14.8. The van der Waals surface area contributed by atoms with Crippen LogP contribution in [0.4, 0.5) is 21.0 Å². The number of ether oxygens (including phenoxy) is 1. The van der Waals surface area contributed by atoms with Crippen molar-refractivity contribution in [2.24, 2.45) is 0 Å². The molecule has 0 bridgehead atoms. The van der Waals surface area contributed by atoms with Gasteiger partial charge in [0.25, 0.3) is 15.9 Å². The van der Waals surface area contributed by atoms with E-state index in [9.17, 15) is 22.8 Å². The molecular weight excluding hydrogens is 641 g/mol. The van der Waals surface area contributed by atoms with E-state index in [1.54, 1.807) is 43.0 Å². The topological polar surface area (TPSA) is 128 Å². The second kappa shape index (κ2) is 13.6. The van der Waals surface area contributed by atoms with Crippen LogP contribution in [0, 0.1) is 0 Å². The number of urea groups is 2. The third-order valence-corrected chi connectivity index (χ3v) is 9.99. The van der Waals surface area contributed by atoms with Crippen molar-refractivity contribution in [2.75, 3.05) is 42.9 Å². The molecule has 11 nitrogen and oxygen atoms in total. The number of methoxy groups -OCH3 is 1. The van der Waals surface area contributed by atoms with Crippen LogP contribution in [0.15, 0.2) is 65.6 Å². The molecule has 0 spiro atoms. The summed E-state index contributed by atoms with van der Waals surface area (Å²) in [6.07, 6.45) is 0. The van der Waals surface area contributed by atoms with Gasteiger partial charge in [0, 0.05) is 59.1 Å². The minimum absolute atomic E-state index is 0.0230. The van der Waals surface area contributed by atoms with Crippen LogP contribution in [0.3, 0.4) is 0 Å². The smallest absolute Gasteiger partial charge is 0.321 e. The molecule has 0 aliphatic carbocycles. The predicted octanol–water partition coefficient (Wildman–Crippen LogP) is 5.91. The molecule has 0 aromatic heterocycles. The van der Waals surface area contributed by atoms with Crippen molar-refractivity contribution in [1.29, 1.82) is 0 Å². The first-order valence-corrected chi connectivity index (χ1v) is 16.6. The van der Waals surface area contributed by atoms with Crippen molar-refractivity contribution in [3.63, 3.8) is 0 Å². The van der Waals surface area contributed by atoms with Crippen LogP contribution in [-0.2, 0) is 20.4 Å². The Balaban J connectivity index is 1.92. The van der Waals surface area contributed by atoms with Crippen molar-refractivity contribution >= 4 is 62.6 Å². The second-order valence-corrected chi connectivity index (χ2v) is 12.6. The van der Waals surface area contributed by atoms with Crippen molar-refractivity contribution in [1.82, 2.24) is 15.1 Å². The molecule has 0 saturated carbocycles. The Morgan fingerprint density at radius 3 is 2.09 bits per heavy atom. The lowest BCUT2D eigenvalue weighted by Gasteiger charge is -2.33. The Labute approximate surface area is 273 Å². The molecule has 1 aliphatic rings. The third-order valence-electron chi connectivity index (χ3n) is 7.69. The number of hydrogen-bond acceptors (Lipinski definition) is 6. The Morgan fingerprint density at radius 1 is 0.867 bits per heavy atom. The molecule has 1 heterocycles.